The molecule has 0 saturated carbocycles. The molecule has 0 radical (unpaired) electrons. The van der Waals surface area contributed by atoms with Gasteiger partial charge in [0.1, 0.15) is 5.82 Å². The molecule has 6 nitrogen and oxygen atoms in total. The average Bonchev–Trinajstić information content (AvgIpc) is 2.91. The van der Waals surface area contributed by atoms with Gasteiger partial charge in [0.25, 0.3) is 5.56 Å². The molecule has 0 bridgehead atoms. The van der Waals surface area contributed by atoms with Gasteiger partial charge in [0.15, 0.2) is 5.82 Å². The lowest BCUT2D eigenvalue weighted by atomic mass is 10.2. The van der Waals surface area contributed by atoms with Crippen molar-refractivity contribution in [3.8, 4) is 5.82 Å². The molecule has 3 N–H and O–H groups in total. The standard InChI is InChI=1S/C13H12ClN5O/c1-7(15)12-17-9-4-2-3-8(14)11(9)13(20)19(12)10-5-6-16-18-10/h2-7H,15H2,1H3,(H,16,18)/t7-/m0/s1. The number of nitrogens with zero attached hydrogens (tertiary/aromatic N) is 3. The Hall–Kier alpha value is -2.18. The van der Waals surface area contributed by atoms with E-state index in [1.165, 1.54) is 4.57 Å². The smallest absolute Gasteiger partial charge is 0.268 e. The molecule has 0 amide bonds. The van der Waals surface area contributed by atoms with E-state index in [-0.39, 0.29) is 5.56 Å². The first-order chi connectivity index (χ1) is 9.59. The fourth-order valence-corrected chi connectivity index (χ4v) is 2.36. The zero-order valence-electron chi connectivity index (χ0n) is 10.7. The van der Waals surface area contributed by atoms with E-state index in [0.29, 0.717) is 27.6 Å². The number of benzene rings is 1. The summed E-state index contributed by atoms with van der Waals surface area (Å²) >= 11 is 6.11. The van der Waals surface area contributed by atoms with Crippen LogP contribution in [0.1, 0.15) is 18.8 Å². The van der Waals surface area contributed by atoms with Crippen molar-refractivity contribution in [2.75, 3.05) is 0 Å². The van der Waals surface area contributed by atoms with E-state index in [1.54, 1.807) is 37.4 Å². The number of hydrogen-bond donors (Lipinski definition) is 2. The summed E-state index contributed by atoms with van der Waals surface area (Å²) in [4.78, 5) is 17.2. The fraction of sp³-hybridized carbons (Fsp3) is 0.154. The van der Waals surface area contributed by atoms with Crippen molar-refractivity contribution >= 4 is 22.5 Å². The van der Waals surface area contributed by atoms with Crippen LogP contribution in [-0.2, 0) is 0 Å². The summed E-state index contributed by atoms with van der Waals surface area (Å²) in [6, 6.07) is 6.41. The van der Waals surface area contributed by atoms with Crippen molar-refractivity contribution in [1.29, 1.82) is 0 Å². The van der Waals surface area contributed by atoms with E-state index in [0.717, 1.165) is 0 Å². The molecule has 1 aromatic carbocycles. The maximum Gasteiger partial charge on any atom is 0.268 e. The molecule has 20 heavy (non-hydrogen) atoms. The Bertz CT molecular complexity index is 823. The SMILES string of the molecule is C[C@H](N)c1nc2cccc(Cl)c2c(=O)n1-c1cc[nH]n1. The molecule has 3 rings (SSSR count). The van der Waals surface area contributed by atoms with Gasteiger partial charge in [-0.15, -0.1) is 0 Å². The van der Waals surface area contributed by atoms with Gasteiger partial charge in [0, 0.05) is 12.3 Å². The van der Waals surface area contributed by atoms with E-state index in [9.17, 15) is 4.79 Å². The number of nitrogens with two attached hydrogens (primary N) is 1. The number of aromatic amines is 1. The van der Waals surface area contributed by atoms with Crippen LogP contribution in [0.5, 0.6) is 0 Å². The molecule has 7 heteroatoms. The highest BCUT2D eigenvalue weighted by Gasteiger charge is 2.17. The maximum absolute atomic E-state index is 12.7. The third kappa shape index (κ3) is 1.90. The Balaban J connectivity index is 2.48. The molecular weight excluding hydrogens is 278 g/mol. The topological polar surface area (TPSA) is 89.6 Å². The van der Waals surface area contributed by atoms with Gasteiger partial charge in [-0.3, -0.25) is 9.89 Å². The highest BCUT2D eigenvalue weighted by Crippen LogP contribution is 2.21. The molecule has 3 aromatic rings. The minimum atomic E-state index is -0.414. The molecule has 0 saturated heterocycles. The van der Waals surface area contributed by atoms with Crippen LogP contribution in [0.4, 0.5) is 0 Å². The van der Waals surface area contributed by atoms with Gasteiger partial charge in [0.05, 0.1) is 22.0 Å². The zero-order chi connectivity index (χ0) is 14.3. The van der Waals surface area contributed by atoms with E-state index >= 15 is 0 Å². The summed E-state index contributed by atoms with van der Waals surface area (Å²) in [7, 11) is 0. The second-order valence-electron chi connectivity index (χ2n) is 4.47. The van der Waals surface area contributed by atoms with Crippen LogP contribution in [0.25, 0.3) is 16.7 Å². The summed E-state index contributed by atoms with van der Waals surface area (Å²) in [6.07, 6.45) is 1.63. The van der Waals surface area contributed by atoms with Gasteiger partial charge in [-0.05, 0) is 19.1 Å². The van der Waals surface area contributed by atoms with Gasteiger partial charge < -0.3 is 5.73 Å². The minimum Gasteiger partial charge on any atom is -0.322 e. The summed E-state index contributed by atoms with van der Waals surface area (Å²) in [5, 5.41) is 7.42. The van der Waals surface area contributed by atoms with E-state index < -0.39 is 6.04 Å². The van der Waals surface area contributed by atoms with Crippen LogP contribution in [-0.4, -0.2) is 19.7 Å². The summed E-state index contributed by atoms with van der Waals surface area (Å²) < 4.78 is 1.38. The Morgan fingerprint density at radius 1 is 1.40 bits per heavy atom. The van der Waals surface area contributed by atoms with E-state index in [4.69, 9.17) is 17.3 Å². The lowest BCUT2D eigenvalue weighted by Gasteiger charge is -2.14. The summed E-state index contributed by atoms with van der Waals surface area (Å²) in [5.74, 6) is 0.883. The molecule has 0 aliphatic carbocycles. The van der Waals surface area contributed by atoms with Crippen LogP contribution >= 0.6 is 11.6 Å². The molecule has 0 aliphatic rings. The van der Waals surface area contributed by atoms with Gasteiger partial charge in [-0.2, -0.15) is 5.10 Å². The molecule has 0 spiro atoms. The van der Waals surface area contributed by atoms with Gasteiger partial charge >= 0.3 is 0 Å². The molecule has 1 atom stereocenters. The highest BCUT2D eigenvalue weighted by molar-refractivity contribution is 6.35. The monoisotopic (exact) mass is 289 g/mol. The first-order valence-electron chi connectivity index (χ1n) is 6.06. The Morgan fingerprint density at radius 3 is 2.85 bits per heavy atom. The van der Waals surface area contributed by atoms with Crippen molar-refractivity contribution in [3.05, 3.63) is 51.7 Å². The normalized spacial score (nSPS) is 12.8. The third-order valence-corrected chi connectivity index (χ3v) is 3.31. The number of halogens is 1. The molecule has 2 aromatic heterocycles. The highest BCUT2D eigenvalue weighted by atomic mass is 35.5. The largest absolute Gasteiger partial charge is 0.322 e. The van der Waals surface area contributed by atoms with Crippen LogP contribution < -0.4 is 11.3 Å². The van der Waals surface area contributed by atoms with Crippen molar-refractivity contribution in [1.82, 2.24) is 19.7 Å². The number of rotatable bonds is 2. The molecule has 0 fully saturated rings. The predicted molar refractivity (Wildman–Crippen MR) is 77.1 cm³/mol. The van der Waals surface area contributed by atoms with Crippen molar-refractivity contribution in [2.45, 2.75) is 13.0 Å². The van der Waals surface area contributed by atoms with Gasteiger partial charge in [0.2, 0.25) is 0 Å². The van der Waals surface area contributed by atoms with Crippen LogP contribution in [0.2, 0.25) is 5.02 Å². The van der Waals surface area contributed by atoms with Gasteiger partial charge in [-0.25, -0.2) is 9.55 Å². The molecule has 102 valence electrons. The van der Waals surface area contributed by atoms with Crippen LogP contribution in [0, 0.1) is 0 Å². The number of hydrogen-bond acceptors (Lipinski definition) is 4. The number of aromatic nitrogens is 4. The van der Waals surface area contributed by atoms with Crippen molar-refractivity contribution in [2.24, 2.45) is 5.73 Å². The average molecular weight is 290 g/mol. The second-order valence-corrected chi connectivity index (χ2v) is 4.87. The fourth-order valence-electron chi connectivity index (χ4n) is 2.11. The third-order valence-electron chi connectivity index (χ3n) is 3.00. The maximum atomic E-state index is 12.7. The van der Waals surface area contributed by atoms with Crippen molar-refractivity contribution < 1.29 is 0 Å². The quantitative estimate of drug-likeness (QED) is 0.752. The van der Waals surface area contributed by atoms with Crippen LogP contribution in [0.15, 0.2) is 35.3 Å². The van der Waals surface area contributed by atoms with Gasteiger partial charge in [-0.1, -0.05) is 17.7 Å². The first kappa shape index (κ1) is 12.8. The lowest BCUT2D eigenvalue weighted by Crippen LogP contribution is -2.27. The Labute approximate surface area is 119 Å². The summed E-state index contributed by atoms with van der Waals surface area (Å²) in [6.45, 7) is 1.77. The lowest BCUT2D eigenvalue weighted by molar-refractivity contribution is 0.688. The Kier molecular flexibility index (Phi) is 3.04. The molecular formula is C13H12ClN5O. The van der Waals surface area contributed by atoms with E-state index in [2.05, 4.69) is 15.2 Å². The van der Waals surface area contributed by atoms with Crippen molar-refractivity contribution in [3.63, 3.8) is 0 Å². The zero-order valence-corrected chi connectivity index (χ0v) is 11.4. The first-order valence-corrected chi connectivity index (χ1v) is 6.44. The Morgan fingerprint density at radius 2 is 2.20 bits per heavy atom. The van der Waals surface area contributed by atoms with Crippen LogP contribution in [0.3, 0.4) is 0 Å². The molecule has 2 heterocycles. The molecule has 0 unspecified atom stereocenters. The number of nitrogens with one attached hydrogen (secondary N) is 1. The van der Waals surface area contributed by atoms with E-state index in [1.807, 2.05) is 0 Å². The second kappa shape index (κ2) is 4.73. The summed E-state index contributed by atoms with van der Waals surface area (Å²) in [5.41, 5.74) is 6.18. The molecule has 0 aliphatic heterocycles. The number of fused-ring (bicyclic) bond motifs is 1. The number of H-pyrrole nitrogens is 1. The minimum absolute atomic E-state index is 0.278. The predicted octanol–water partition coefficient (Wildman–Crippen LogP) is 1.78.